The first kappa shape index (κ1) is 18.5. The average Bonchev–Trinajstić information content (AvgIpc) is 2.52. The molecule has 0 aliphatic rings. The van der Waals surface area contributed by atoms with E-state index in [-0.39, 0.29) is 6.04 Å². The maximum atomic E-state index is 12.9. The molecule has 0 saturated carbocycles. The van der Waals surface area contributed by atoms with Gasteiger partial charge in [0.1, 0.15) is 5.75 Å². The fraction of sp³-hybridized carbons (Fsp3) is 0.368. The normalized spacial score (nSPS) is 12.9. The molecular weight excluding hydrogens is 322 g/mol. The van der Waals surface area contributed by atoms with Crippen molar-refractivity contribution in [3.05, 3.63) is 58.1 Å². The number of ether oxygens (including phenoxy) is 1. The quantitative estimate of drug-likeness (QED) is 0.890. The van der Waals surface area contributed by atoms with Crippen LogP contribution in [0.1, 0.15) is 40.8 Å². The molecule has 1 N–H and O–H groups in total. The lowest BCUT2D eigenvalue weighted by atomic mass is 10.0. The molecule has 1 atom stereocenters. The van der Waals surface area contributed by atoms with Gasteiger partial charge in [0.2, 0.25) is 10.0 Å². The minimum absolute atomic E-state index is 0.333. The highest BCUT2D eigenvalue weighted by Gasteiger charge is 2.24. The maximum absolute atomic E-state index is 12.9. The number of aryl methyl sites for hydroxylation is 2. The number of hydrogen-bond acceptors (Lipinski definition) is 3. The molecule has 0 heterocycles. The molecule has 130 valence electrons. The third-order valence-electron chi connectivity index (χ3n) is 4.51. The predicted octanol–water partition coefficient (Wildman–Crippen LogP) is 3.97. The monoisotopic (exact) mass is 347 g/mol. The van der Waals surface area contributed by atoms with Crippen LogP contribution in [0.2, 0.25) is 0 Å². The van der Waals surface area contributed by atoms with E-state index in [0.717, 1.165) is 33.6 Å². The number of benzene rings is 2. The molecule has 0 radical (unpaired) electrons. The number of sulfonamides is 1. The number of nitrogens with one attached hydrogen (secondary N) is 1. The van der Waals surface area contributed by atoms with E-state index in [9.17, 15) is 8.42 Å². The van der Waals surface area contributed by atoms with E-state index in [1.54, 1.807) is 7.11 Å². The molecule has 0 bridgehead atoms. The summed E-state index contributed by atoms with van der Waals surface area (Å²) < 4.78 is 33.8. The van der Waals surface area contributed by atoms with Gasteiger partial charge in [-0.1, -0.05) is 18.2 Å². The second-order valence-electron chi connectivity index (χ2n) is 6.21. The molecule has 5 heteroatoms. The first-order valence-corrected chi connectivity index (χ1v) is 9.39. The molecule has 2 aromatic carbocycles. The smallest absolute Gasteiger partial charge is 0.241 e. The predicted molar refractivity (Wildman–Crippen MR) is 97.1 cm³/mol. The zero-order valence-corrected chi connectivity index (χ0v) is 15.9. The molecule has 0 aromatic heterocycles. The van der Waals surface area contributed by atoms with Gasteiger partial charge >= 0.3 is 0 Å². The van der Waals surface area contributed by atoms with Crippen molar-refractivity contribution in [3.8, 4) is 5.75 Å². The van der Waals surface area contributed by atoms with Crippen LogP contribution in [-0.4, -0.2) is 15.5 Å². The van der Waals surface area contributed by atoms with Gasteiger partial charge in [0.25, 0.3) is 0 Å². The summed E-state index contributed by atoms with van der Waals surface area (Å²) in [6, 6.07) is 9.08. The molecule has 0 amide bonds. The van der Waals surface area contributed by atoms with Gasteiger partial charge in [-0.15, -0.1) is 0 Å². The van der Waals surface area contributed by atoms with E-state index in [4.69, 9.17) is 4.74 Å². The Morgan fingerprint density at radius 2 is 1.46 bits per heavy atom. The SMILES string of the molecule is COc1ccc([C@H](C)NS(=O)(=O)c2c(C)c(C)cc(C)c2C)cc1. The van der Waals surface area contributed by atoms with Gasteiger partial charge in [-0.25, -0.2) is 13.1 Å². The van der Waals surface area contributed by atoms with Gasteiger partial charge in [0, 0.05) is 6.04 Å². The van der Waals surface area contributed by atoms with Gasteiger partial charge in [-0.2, -0.15) is 0 Å². The summed E-state index contributed by atoms with van der Waals surface area (Å²) in [4.78, 5) is 0.389. The highest BCUT2D eigenvalue weighted by atomic mass is 32.2. The van der Waals surface area contributed by atoms with Crippen LogP contribution < -0.4 is 9.46 Å². The summed E-state index contributed by atoms with van der Waals surface area (Å²) in [6.07, 6.45) is 0. The second kappa shape index (κ2) is 6.95. The maximum Gasteiger partial charge on any atom is 0.241 e. The van der Waals surface area contributed by atoms with E-state index in [0.29, 0.717) is 4.90 Å². The summed E-state index contributed by atoms with van der Waals surface area (Å²) in [5.74, 6) is 0.745. The summed E-state index contributed by atoms with van der Waals surface area (Å²) >= 11 is 0. The minimum Gasteiger partial charge on any atom is -0.497 e. The second-order valence-corrected chi connectivity index (χ2v) is 7.86. The Bertz CT molecular complexity index is 814. The molecule has 0 saturated heterocycles. The Hall–Kier alpha value is -1.85. The first-order chi connectivity index (χ1) is 11.2. The van der Waals surface area contributed by atoms with E-state index in [1.807, 2.05) is 65.0 Å². The molecular formula is C19H25NO3S. The van der Waals surface area contributed by atoms with Crippen LogP contribution >= 0.6 is 0 Å². The topological polar surface area (TPSA) is 55.4 Å². The Morgan fingerprint density at radius 3 is 1.92 bits per heavy atom. The van der Waals surface area contributed by atoms with Crippen molar-refractivity contribution in [1.82, 2.24) is 4.72 Å². The van der Waals surface area contributed by atoms with E-state index < -0.39 is 10.0 Å². The largest absolute Gasteiger partial charge is 0.497 e. The molecule has 0 fully saturated rings. The summed E-state index contributed by atoms with van der Waals surface area (Å²) in [7, 11) is -2.01. The van der Waals surface area contributed by atoms with Crippen molar-refractivity contribution >= 4 is 10.0 Å². The molecule has 0 unspecified atom stereocenters. The van der Waals surface area contributed by atoms with Gasteiger partial charge in [-0.3, -0.25) is 0 Å². The Labute approximate surface area is 144 Å². The van der Waals surface area contributed by atoms with Crippen LogP contribution in [0.5, 0.6) is 5.75 Å². The van der Waals surface area contributed by atoms with Crippen LogP contribution in [0.4, 0.5) is 0 Å². The summed E-state index contributed by atoms with van der Waals surface area (Å²) in [5, 5.41) is 0. The van der Waals surface area contributed by atoms with Crippen molar-refractivity contribution in [2.24, 2.45) is 0 Å². The third kappa shape index (κ3) is 3.62. The Morgan fingerprint density at radius 1 is 0.958 bits per heavy atom. The van der Waals surface area contributed by atoms with Gasteiger partial charge in [-0.05, 0) is 74.6 Å². The highest BCUT2D eigenvalue weighted by Crippen LogP contribution is 2.27. The lowest BCUT2D eigenvalue weighted by Crippen LogP contribution is -2.28. The molecule has 0 spiro atoms. The van der Waals surface area contributed by atoms with Crippen molar-refractivity contribution < 1.29 is 13.2 Å². The standard InChI is InChI=1S/C19H25NO3S/c1-12-11-13(2)15(4)19(14(12)3)24(21,22)20-16(5)17-7-9-18(23-6)10-8-17/h7-11,16,20H,1-6H3/t16-/m0/s1. The van der Waals surface area contributed by atoms with E-state index in [2.05, 4.69) is 4.72 Å². The van der Waals surface area contributed by atoms with Gasteiger partial charge < -0.3 is 4.74 Å². The van der Waals surface area contributed by atoms with Crippen LogP contribution in [0, 0.1) is 27.7 Å². The summed E-state index contributed by atoms with van der Waals surface area (Å²) in [5.41, 5.74) is 4.45. The van der Waals surface area contributed by atoms with Crippen LogP contribution in [0.15, 0.2) is 35.2 Å². The summed E-state index contributed by atoms with van der Waals surface area (Å²) in [6.45, 7) is 9.43. The van der Waals surface area contributed by atoms with Gasteiger partial charge in [0.15, 0.2) is 0 Å². The molecule has 24 heavy (non-hydrogen) atoms. The Kier molecular flexibility index (Phi) is 5.35. The van der Waals surface area contributed by atoms with Crippen molar-refractivity contribution in [1.29, 1.82) is 0 Å². The van der Waals surface area contributed by atoms with Crippen LogP contribution in [-0.2, 0) is 10.0 Å². The van der Waals surface area contributed by atoms with Crippen LogP contribution in [0.25, 0.3) is 0 Å². The fourth-order valence-corrected chi connectivity index (χ4v) is 4.68. The lowest BCUT2D eigenvalue weighted by molar-refractivity contribution is 0.414. The fourth-order valence-electron chi connectivity index (χ4n) is 2.84. The van der Waals surface area contributed by atoms with Crippen molar-refractivity contribution in [2.75, 3.05) is 7.11 Å². The van der Waals surface area contributed by atoms with Crippen LogP contribution in [0.3, 0.4) is 0 Å². The number of hydrogen-bond donors (Lipinski definition) is 1. The molecule has 4 nitrogen and oxygen atoms in total. The van der Waals surface area contributed by atoms with Gasteiger partial charge in [0.05, 0.1) is 12.0 Å². The van der Waals surface area contributed by atoms with E-state index >= 15 is 0 Å². The zero-order chi connectivity index (χ0) is 18.1. The van der Waals surface area contributed by atoms with Crippen molar-refractivity contribution in [3.63, 3.8) is 0 Å². The third-order valence-corrected chi connectivity index (χ3v) is 6.33. The highest BCUT2D eigenvalue weighted by molar-refractivity contribution is 7.89. The number of rotatable bonds is 5. The van der Waals surface area contributed by atoms with Crippen molar-refractivity contribution in [2.45, 2.75) is 45.6 Å². The average molecular weight is 347 g/mol. The molecule has 2 aromatic rings. The molecule has 0 aliphatic heterocycles. The van der Waals surface area contributed by atoms with E-state index in [1.165, 1.54) is 0 Å². The molecule has 2 rings (SSSR count). The number of methoxy groups -OCH3 is 1. The first-order valence-electron chi connectivity index (χ1n) is 7.91. The minimum atomic E-state index is -3.61. The lowest BCUT2D eigenvalue weighted by Gasteiger charge is -2.19. The molecule has 0 aliphatic carbocycles. The Balaban J connectivity index is 2.38. The zero-order valence-electron chi connectivity index (χ0n) is 15.1.